The molecular formula is C24H19N3O5. The van der Waals surface area contributed by atoms with Crippen molar-refractivity contribution in [1.82, 2.24) is 10.5 Å². The molecule has 1 saturated heterocycles. The quantitative estimate of drug-likeness (QED) is 0.469. The van der Waals surface area contributed by atoms with E-state index in [1.807, 2.05) is 24.3 Å². The summed E-state index contributed by atoms with van der Waals surface area (Å²) < 4.78 is 11.5. The van der Waals surface area contributed by atoms with Crippen LogP contribution in [0.3, 0.4) is 0 Å². The summed E-state index contributed by atoms with van der Waals surface area (Å²) in [6, 6.07) is 16.5. The fraction of sp³-hybridized carbons (Fsp3) is 0.167. The number of hydrogen-bond acceptors (Lipinski definition) is 6. The maximum absolute atomic E-state index is 12.4. The minimum atomic E-state index is -0.535. The van der Waals surface area contributed by atoms with Crippen molar-refractivity contribution in [1.29, 1.82) is 0 Å². The molecule has 32 heavy (non-hydrogen) atoms. The topological polar surface area (TPSA) is 111 Å². The number of carbonyl (C=O) groups excluding carboxylic acids is 3. The first-order valence-electron chi connectivity index (χ1n) is 10.2. The van der Waals surface area contributed by atoms with Crippen LogP contribution >= 0.6 is 0 Å². The number of piperidine rings is 1. The Balaban J connectivity index is 1.50. The summed E-state index contributed by atoms with van der Waals surface area (Å²) >= 11 is 0. The van der Waals surface area contributed by atoms with Crippen LogP contribution in [-0.4, -0.2) is 22.9 Å². The average Bonchev–Trinajstić information content (AvgIpc) is 3.18. The van der Waals surface area contributed by atoms with Crippen molar-refractivity contribution in [2.45, 2.75) is 25.7 Å². The van der Waals surface area contributed by atoms with Gasteiger partial charge in [-0.2, -0.15) is 0 Å². The van der Waals surface area contributed by atoms with Gasteiger partial charge in [0.05, 0.1) is 11.3 Å². The molecule has 1 aliphatic rings. The summed E-state index contributed by atoms with van der Waals surface area (Å²) in [5.41, 5.74) is 1.76. The van der Waals surface area contributed by atoms with Crippen molar-refractivity contribution in [2.75, 3.05) is 5.32 Å². The second kappa shape index (κ2) is 7.81. The van der Waals surface area contributed by atoms with Crippen molar-refractivity contribution in [3.8, 4) is 11.5 Å². The van der Waals surface area contributed by atoms with E-state index in [9.17, 15) is 14.4 Å². The van der Waals surface area contributed by atoms with E-state index >= 15 is 0 Å². The smallest absolute Gasteiger partial charge is 0.235 e. The molecule has 8 nitrogen and oxygen atoms in total. The van der Waals surface area contributed by atoms with Gasteiger partial charge in [0, 0.05) is 25.1 Å². The molecule has 2 heterocycles. The van der Waals surface area contributed by atoms with E-state index in [0.29, 0.717) is 34.9 Å². The van der Waals surface area contributed by atoms with Gasteiger partial charge in [0.15, 0.2) is 5.58 Å². The molecular weight excluding hydrogens is 410 g/mol. The van der Waals surface area contributed by atoms with Crippen LogP contribution in [0.15, 0.2) is 59.1 Å². The lowest BCUT2D eigenvalue weighted by Gasteiger charge is -2.19. The van der Waals surface area contributed by atoms with Gasteiger partial charge in [-0.25, -0.2) is 0 Å². The highest BCUT2D eigenvalue weighted by Gasteiger charge is 2.32. The minimum absolute atomic E-state index is 0.155. The van der Waals surface area contributed by atoms with Crippen LogP contribution in [0.5, 0.6) is 11.5 Å². The Morgan fingerprint density at radius 2 is 1.97 bits per heavy atom. The summed E-state index contributed by atoms with van der Waals surface area (Å²) in [7, 11) is 0. The zero-order valence-corrected chi connectivity index (χ0v) is 17.2. The fourth-order valence-corrected chi connectivity index (χ4v) is 4.00. The highest BCUT2D eigenvalue weighted by molar-refractivity contribution is 6.10. The molecule has 0 saturated carbocycles. The lowest BCUT2D eigenvalue weighted by Crippen LogP contribution is -2.39. The maximum atomic E-state index is 12.4. The number of anilines is 1. The van der Waals surface area contributed by atoms with E-state index in [4.69, 9.17) is 9.26 Å². The number of ether oxygens (including phenoxy) is 1. The normalized spacial score (nSPS) is 16.2. The van der Waals surface area contributed by atoms with Crippen molar-refractivity contribution in [3.63, 3.8) is 0 Å². The zero-order chi connectivity index (χ0) is 22.2. The average molecular weight is 429 g/mol. The van der Waals surface area contributed by atoms with Gasteiger partial charge in [-0.05, 0) is 53.6 Å². The summed E-state index contributed by atoms with van der Waals surface area (Å²) in [4.78, 5) is 35.2. The Bertz CT molecular complexity index is 1390. The monoisotopic (exact) mass is 429 g/mol. The standard InChI is InChI=1S/C24H19N3O5/c1-13(28)25-15-3-2-4-16(12-15)31-17-6-7-18-14(11-17)5-9-20-22(18)23(27-32-20)19-8-10-21(29)26-24(19)30/h2-7,9,11-12,19H,8,10H2,1H3,(H,25,28)(H,26,29,30)/t19-/m0/s1. The third-order valence-electron chi connectivity index (χ3n) is 5.41. The molecule has 160 valence electrons. The lowest BCUT2D eigenvalue weighted by molar-refractivity contribution is -0.134. The predicted molar refractivity (Wildman–Crippen MR) is 117 cm³/mol. The summed E-state index contributed by atoms with van der Waals surface area (Å²) in [5.74, 6) is -0.105. The Morgan fingerprint density at radius 1 is 1.12 bits per heavy atom. The number of nitrogens with one attached hydrogen (secondary N) is 2. The van der Waals surface area contributed by atoms with Gasteiger partial charge in [0.25, 0.3) is 0 Å². The Kier molecular flexibility index (Phi) is 4.82. The third kappa shape index (κ3) is 3.66. The number of fused-ring (bicyclic) bond motifs is 3. The SMILES string of the molecule is CC(=O)Nc1cccc(Oc2ccc3c(ccc4onc([C@@H]5CCC(=O)NC5=O)c43)c2)c1. The summed E-state index contributed by atoms with van der Waals surface area (Å²) in [5, 5.41) is 11.8. The molecule has 4 aromatic rings. The number of amides is 3. The molecule has 0 bridgehead atoms. The second-order valence-electron chi connectivity index (χ2n) is 7.70. The first-order chi connectivity index (χ1) is 15.5. The van der Waals surface area contributed by atoms with Crippen LogP contribution in [0.25, 0.3) is 21.7 Å². The van der Waals surface area contributed by atoms with Gasteiger partial charge in [-0.1, -0.05) is 17.3 Å². The molecule has 1 fully saturated rings. The lowest BCUT2D eigenvalue weighted by atomic mass is 9.91. The van der Waals surface area contributed by atoms with E-state index in [2.05, 4.69) is 15.8 Å². The Hall–Kier alpha value is -4.20. The Morgan fingerprint density at radius 3 is 2.78 bits per heavy atom. The van der Waals surface area contributed by atoms with Crippen molar-refractivity contribution in [2.24, 2.45) is 0 Å². The number of nitrogens with zero attached hydrogens (tertiary/aromatic N) is 1. The second-order valence-corrected chi connectivity index (χ2v) is 7.70. The van der Waals surface area contributed by atoms with E-state index in [1.165, 1.54) is 6.92 Å². The van der Waals surface area contributed by atoms with Gasteiger partial charge < -0.3 is 14.6 Å². The molecule has 3 aromatic carbocycles. The van der Waals surface area contributed by atoms with Gasteiger partial charge >= 0.3 is 0 Å². The number of aromatic nitrogens is 1. The van der Waals surface area contributed by atoms with Gasteiger partial charge in [0.1, 0.15) is 17.2 Å². The number of carbonyl (C=O) groups is 3. The zero-order valence-electron chi connectivity index (χ0n) is 17.2. The van der Waals surface area contributed by atoms with Crippen molar-refractivity contribution < 1.29 is 23.6 Å². The molecule has 8 heteroatoms. The van der Waals surface area contributed by atoms with Gasteiger partial charge in [-0.15, -0.1) is 0 Å². The minimum Gasteiger partial charge on any atom is -0.457 e. The number of rotatable bonds is 4. The molecule has 5 rings (SSSR count). The molecule has 0 spiro atoms. The summed E-state index contributed by atoms with van der Waals surface area (Å²) in [6.45, 7) is 1.45. The van der Waals surface area contributed by atoms with Gasteiger partial charge in [-0.3, -0.25) is 19.7 Å². The first kappa shape index (κ1) is 19.7. The van der Waals surface area contributed by atoms with Crippen LogP contribution < -0.4 is 15.4 Å². The third-order valence-corrected chi connectivity index (χ3v) is 5.41. The number of benzene rings is 3. The first-order valence-corrected chi connectivity index (χ1v) is 10.2. The van der Waals surface area contributed by atoms with Crippen molar-refractivity contribution in [3.05, 3.63) is 60.3 Å². The van der Waals surface area contributed by atoms with Crippen molar-refractivity contribution >= 4 is 45.2 Å². The van der Waals surface area contributed by atoms with E-state index in [1.54, 1.807) is 30.3 Å². The fourth-order valence-electron chi connectivity index (χ4n) is 4.00. The van der Waals surface area contributed by atoms with Crippen LogP contribution in [0.2, 0.25) is 0 Å². The molecule has 2 N–H and O–H groups in total. The molecule has 1 atom stereocenters. The predicted octanol–water partition coefficient (Wildman–Crippen LogP) is 4.25. The molecule has 0 radical (unpaired) electrons. The van der Waals surface area contributed by atoms with Crippen LogP contribution in [-0.2, 0) is 14.4 Å². The highest BCUT2D eigenvalue weighted by Crippen LogP contribution is 2.36. The number of imide groups is 1. The Labute approximate surface area is 182 Å². The largest absolute Gasteiger partial charge is 0.457 e. The molecule has 1 aromatic heterocycles. The van der Waals surface area contributed by atoms with Gasteiger partial charge in [0.2, 0.25) is 17.7 Å². The highest BCUT2D eigenvalue weighted by atomic mass is 16.5. The van der Waals surface area contributed by atoms with Crippen LogP contribution in [0.4, 0.5) is 5.69 Å². The van der Waals surface area contributed by atoms with E-state index in [-0.39, 0.29) is 24.1 Å². The number of hydrogen-bond donors (Lipinski definition) is 2. The summed E-state index contributed by atoms with van der Waals surface area (Å²) in [6.07, 6.45) is 0.666. The van der Waals surface area contributed by atoms with Crippen LogP contribution in [0, 0.1) is 0 Å². The maximum Gasteiger partial charge on any atom is 0.235 e. The van der Waals surface area contributed by atoms with E-state index in [0.717, 1.165) is 16.2 Å². The van der Waals surface area contributed by atoms with Crippen LogP contribution in [0.1, 0.15) is 31.4 Å². The molecule has 1 aliphatic heterocycles. The molecule has 0 unspecified atom stereocenters. The molecule has 0 aliphatic carbocycles. The van der Waals surface area contributed by atoms with E-state index < -0.39 is 5.92 Å². The molecule has 3 amide bonds.